The van der Waals surface area contributed by atoms with Crippen LogP contribution in [0.5, 0.6) is 0 Å². The zero-order valence-corrected chi connectivity index (χ0v) is 14.1. The molecule has 2 aromatic heterocycles. The maximum atomic E-state index is 13.1. The van der Waals surface area contributed by atoms with Gasteiger partial charge in [0.25, 0.3) is 11.2 Å². The van der Waals surface area contributed by atoms with Crippen LogP contribution in [0.25, 0.3) is 27.6 Å². The fraction of sp³-hybridized carbons (Fsp3) is 0.0526. The molecule has 0 aliphatic rings. The second-order valence-electron chi connectivity index (χ2n) is 5.90. The number of esters is 1. The summed E-state index contributed by atoms with van der Waals surface area (Å²) in [6.45, 7) is 0. The number of rotatable bonds is 3. The number of H-pyrrole nitrogens is 1. The Morgan fingerprint density at radius 1 is 1.11 bits per heavy atom. The first kappa shape index (κ1) is 16.5. The molecule has 0 bridgehead atoms. The van der Waals surface area contributed by atoms with Gasteiger partial charge in [-0.3, -0.25) is 19.5 Å². The van der Waals surface area contributed by atoms with Crippen LogP contribution in [0, 0.1) is 10.1 Å². The molecular formula is C19H13N3O5. The van der Waals surface area contributed by atoms with Crippen LogP contribution in [-0.2, 0) is 4.74 Å². The minimum Gasteiger partial charge on any atom is -0.465 e. The topological polar surface area (TPSA) is 107 Å². The number of carbonyl (C=O) groups is 1. The van der Waals surface area contributed by atoms with Crippen LogP contribution >= 0.6 is 0 Å². The highest BCUT2D eigenvalue weighted by Crippen LogP contribution is 2.27. The number of fused-ring (bicyclic) bond motifs is 3. The van der Waals surface area contributed by atoms with E-state index >= 15 is 0 Å². The van der Waals surface area contributed by atoms with Gasteiger partial charge in [-0.1, -0.05) is 18.2 Å². The smallest absolute Gasteiger partial charge is 0.343 e. The standard InChI is InChI=1S/C19H13N3O5/c1-27-19(24)14-10-16-17(13-4-2-3-5-15(13)20-16)21(18(14)23)11-6-8-12(9-7-11)22(25)26/h2-10,20H,1H3. The third kappa shape index (κ3) is 2.54. The van der Waals surface area contributed by atoms with Crippen molar-refractivity contribution < 1.29 is 14.5 Å². The Labute approximate surface area is 151 Å². The first-order chi connectivity index (χ1) is 13.0. The molecule has 2 heterocycles. The van der Waals surface area contributed by atoms with Gasteiger partial charge in [0, 0.05) is 28.7 Å². The SMILES string of the molecule is COC(=O)c1cc2[nH]c3ccccc3c2n(-c2ccc([N+](=O)[O-])cc2)c1=O. The van der Waals surface area contributed by atoms with E-state index in [0.29, 0.717) is 16.7 Å². The van der Waals surface area contributed by atoms with Crippen LogP contribution in [0.2, 0.25) is 0 Å². The highest BCUT2D eigenvalue weighted by atomic mass is 16.6. The molecule has 8 heteroatoms. The monoisotopic (exact) mass is 363 g/mol. The second kappa shape index (κ2) is 6.10. The van der Waals surface area contributed by atoms with Gasteiger partial charge in [0.05, 0.1) is 23.1 Å². The maximum Gasteiger partial charge on any atom is 0.343 e. The third-order valence-corrected chi connectivity index (χ3v) is 4.38. The second-order valence-corrected chi connectivity index (χ2v) is 5.90. The fourth-order valence-electron chi connectivity index (χ4n) is 3.15. The van der Waals surface area contributed by atoms with Crippen molar-refractivity contribution in [2.24, 2.45) is 0 Å². The number of benzene rings is 2. The molecule has 4 aromatic rings. The molecule has 27 heavy (non-hydrogen) atoms. The highest BCUT2D eigenvalue weighted by molar-refractivity contribution is 6.07. The van der Waals surface area contributed by atoms with Gasteiger partial charge < -0.3 is 9.72 Å². The zero-order valence-electron chi connectivity index (χ0n) is 14.1. The summed E-state index contributed by atoms with van der Waals surface area (Å²) in [7, 11) is 1.20. The van der Waals surface area contributed by atoms with Crippen LogP contribution in [0.3, 0.4) is 0 Å². The van der Waals surface area contributed by atoms with E-state index in [-0.39, 0.29) is 11.3 Å². The quantitative estimate of drug-likeness (QED) is 0.342. The average Bonchev–Trinajstić information content (AvgIpc) is 3.05. The summed E-state index contributed by atoms with van der Waals surface area (Å²) in [6.07, 6.45) is 0. The Morgan fingerprint density at radius 2 is 1.81 bits per heavy atom. The molecule has 0 aliphatic carbocycles. The molecule has 0 radical (unpaired) electrons. The van der Waals surface area contributed by atoms with Crippen LogP contribution in [0.1, 0.15) is 10.4 Å². The van der Waals surface area contributed by atoms with E-state index in [1.807, 2.05) is 24.3 Å². The van der Waals surface area contributed by atoms with Crippen LogP contribution < -0.4 is 5.56 Å². The van der Waals surface area contributed by atoms with Crippen LogP contribution in [0.4, 0.5) is 5.69 Å². The molecule has 4 rings (SSSR count). The minimum atomic E-state index is -0.754. The molecule has 1 N–H and O–H groups in total. The Hall–Kier alpha value is -3.94. The predicted octanol–water partition coefficient (Wildman–Crippen LogP) is 3.17. The number of non-ortho nitro benzene ring substituents is 1. The van der Waals surface area contributed by atoms with E-state index in [4.69, 9.17) is 4.74 Å². The number of nitro benzene ring substituents is 1. The Balaban J connectivity index is 2.12. The molecule has 0 amide bonds. The molecule has 8 nitrogen and oxygen atoms in total. The van der Waals surface area contributed by atoms with Gasteiger partial charge in [0.15, 0.2) is 0 Å². The minimum absolute atomic E-state index is 0.0916. The number of carbonyl (C=O) groups excluding carboxylic acids is 1. The summed E-state index contributed by atoms with van der Waals surface area (Å²) in [5.74, 6) is -0.754. The molecule has 2 aromatic carbocycles. The van der Waals surface area contributed by atoms with Gasteiger partial charge in [0.1, 0.15) is 5.56 Å². The van der Waals surface area contributed by atoms with Gasteiger partial charge in [-0.25, -0.2) is 4.79 Å². The van der Waals surface area contributed by atoms with Crippen molar-refractivity contribution in [3.05, 3.63) is 80.6 Å². The number of aromatic amines is 1. The van der Waals surface area contributed by atoms with Crippen molar-refractivity contribution in [3.63, 3.8) is 0 Å². The molecule has 0 aliphatic heterocycles. The lowest BCUT2D eigenvalue weighted by molar-refractivity contribution is -0.384. The van der Waals surface area contributed by atoms with E-state index in [1.54, 1.807) is 0 Å². The van der Waals surface area contributed by atoms with Crippen molar-refractivity contribution in [2.45, 2.75) is 0 Å². The fourth-order valence-corrected chi connectivity index (χ4v) is 3.15. The van der Waals surface area contributed by atoms with Crippen molar-refractivity contribution in [3.8, 4) is 5.69 Å². The summed E-state index contributed by atoms with van der Waals surface area (Å²) in [4.78, 5) is 38.7. The Morgan fingerprint density at radius 3 is 2.48 bits per heavy atom. The lowest BCUT2D eigenvalue weighted by Gasteiger charge is -2.10. The van der Waals surface area contributed by atoms with E-state index in [1.165, 1.54) is 42.0 Å². The van der Waals surface area contributed by atoms with Gasteiger partial charge in [-0.2, -0.15) is 0 Å². The predicted molar refractivity (Wildman–Crippen MR) is 99.4 cm³/mol. The molecule has 0 atom stereocenters. The third-order valence-electron chi connectivity index (χ3n) is 4.38. The summed E-state index contributed by atoms with van der Waals surface area (Å²) < 4.78 is 6.09. The first-order valence-electron chi connectivity index (χ1n) is 8.01. The number of hydrogen-bond acceptors (Lipinski definition) is 5. The van der Waals surface area contributed by atoms with Gasteiger partial charge in [0.2, 0.25) is 0 Å². The number of pyridine rings is 1. The summed E-state index contributed by atoms with van der Waals surface area (Å²) in [5.41, 5.74) is 1.58. The van der Waals surface area contributed by atoms with Crippen LogP contribution in [-0.4, -0.2) is 27.6 Å². The molecular weight excluding hydrogens is 350 g/mol. The van der Waals surface area contributed by atoms with Gasteiger partial charge >= 0.3 is 5.97 Å². The van der Waals surface area contributed by atoms with Crippen LogP contribution in [0.15, 0.2) is 59.4 Å². The number of aromatic nitrogens is 2. The number of para-hydroxylation sites is 1. The number of ether oxygens (including phenoxy) is 1. The van der Waals surface area contributed by atoms with Crippen molar-refractivity contribution >= 4 is 33.6 Å². The molecule has 0 unspecified atom stereocenters. The normalized spacial score (nSPS) is 11.0. The molecule has 0 saturated carbocycles. The number of nitrogens with zero attached hydrogens (tertiary/aromatic N) is 2. The molecule has 0 saturated heterocycles. The maximum absolute atomic E-state index is 13.1. The zero-order chi connectivity index (χ0) is 19.1. The summed E-state index contributed by atoms with van der Waals surface area (Å²) in [6, 6.07) is 14.4. The van der Waals surface area contributed by atoms with Crippen molar-refractivity contribution in [2.75, 3.05) is 7.11 Å². The summed E-state index contributed by atoms with van der Waals surface area (Å²) >= 11 is 0. The van der Waals surface area contributed by atoms with Crippen molar-refractivity contribution in [1.29, 1.82) is 0 Å². The van der Waals surface area contributed by atoms with Gasteiger partial charge in [-0.15, -0.1) is 0 Å². The number of hydrogen-bond donors (Lipinski definition) is 1. The Kier molecular flexibility index (Phi) is 3.73. The lowest BCUT2D eigenvalue weighted by atomic mass is 10.1. The highest BCUT2D eigenvalue weighted by Gasteiger charge is 2.20. The summed E-state index contributed by atoms with van der Waals surface area (Å²) in [5, 5.41) is 11.7. The molecule has 0 spiro atoms. The van der Waals surface area contributed by atoms with Crippen molar-refractivity contribution in [1.82, 2.24) is 9.55 Å². The number of nitrogens with one attached hydrogen (secondary N) is 1. The first-order valence-corrected chi connectivity index (χ1v) is 8.01. The molecule has 134 valence electrons. The van der Waals surface area contributed by atoms with E-state index in [9.17, 15) is 19.7 Å². The largest absolute Gasteiger partial charge is 0.465 e. The van der Waals surface area contributed by atoms with E-state index in [2.05, 4.69) is 4.98 Å². The Bertz CT molecular complexity index is 1270. The number of nitro groups is 1. The molecule has 0 fully saturated rings. The van der Waals surface area contributed by atoms with E-state index < -0.39 is 16.5 Å². The average molecular weight is 363 g/mol. The van der Waals surface area contributed by atoms with E-state index in [0.717, 1.165) is 10.9 Å². The van der Waals surface area contributed by atoms with Gasteiger partial charge in [-0.05, 0) is 24.3 Å². The lowest BCUT2D eigenvalue weighted by Crippen LogP contribution is -2.26. The number of methoxy groups -OCH3 is 1.